The summed E-state index contributed by atoms with van der Waals surface area (Å²) in [6.07, 6.45) is 4.56. The van der Waals surface area contributed by atoms with E-state index in [4.69, 9.17) is 0 Å². The number of carbonyl (C=O) groups excluding carboxylic acids is 1. The van der Waals surface area contributed by atoms with E-state index in [1.807, 2.05) is 0 Å². The molecule has 0 aliphatic carbocycles. The van der Waals surface area contributed by atoms with Gasteiger partial charge in [0.05, 0.1) is 16.0 Å². The second-order valence-corrected chi connectivity index (χ2v) is 4.70. The Morgan fingerprint density at radius 1 is 1.37 bits per heavy atom. The van der Waals surface area contributed by atoms with E-state index in [-0.39, 0.29) is 11.5 Å². The molecule has 0 atom stereocenters. The van der Waals surface area contributed by atoms with Crippen molar-refractivity contribution in [3.63, 3.8) is 0 Å². The fraction of sp³-hybridized carbons (Fsp3) is 0.0833. The SMILES string of the molecule is CC(=O)c1ccc(Sc2cnccn2)c([N+](=O)[O-])c1. The molecule has 0 unspecified atom stereocenters. The lowest BCUT2D eigenvalue weighted by Gasteiger charge is -2.03. The summed E-state index contributed by atoms with van der Waals surface area (Å²) in [5.74, 6) is -0.209. The zero-order chi connectivity index (χ0) is 13.8. The first kappa shape index (κ1) is 13.2. The Balaban J connectivity index is 2.40. The lowest BCUT2D eigenvalue weighted by molar-refractivity contribution is -0.387. The van der Waals surface area contributed by atoms with Crippen LogP contribution >= 0.6 is 11.8 Å². The van der Waals surface area contributed by atoms with Crippen LogP contribution in [0.15, 0.2) is 46.7 Å². The van der Waals surface area contributed by atoms with E-state index in [0.717, 1.165) is 11.8 Å². The third-order valence-electron chi connectivity index (χ3n) is 2.32. The van der Waals surface area contributed by atoms with Gasteiger partial charge in [0.2, 0.25) is 0 Å². The Bertz CT molecular complexity index is 631. The van der Waals surface area contributed by atoms with Crippen molar-refractivity contribution < 1.29 is 9.72 Å². The Labute approximate surface area is 113 Å². The Kier molecular flexibility index (Phi) is 3.86. The van der Waals surface area contributed by atoms with Crippen LogP contribution in [-0.4, -0.2) is 20.7 Å². The highest BCUT2D eigenvalue weighted by Gasteiger charge is 2.17. The minimum absolute atomic E-state index is 0.108. The third-order valence-corrected chi connectivity index (χ3v) is 3.30. The number of carbonyl (C=O) groups is 1. The predicted molar refractivity (Wildman–Crippen MR) is 69.3 cm³/mol. The van der Waals surface area contributed by atoms with Crippen molar-refractivity contribution in [1.29, 1.82) is 0 Å². The van der Waals surface area contributed by atoms with Gasteiger partial charge >= 0.3 is 0 Å². The topological polar surface area (TPSA) is 86.0 Å². The molecule has 6 nitrogen and oxygen atoms in total. The number of hydrogen-bond donors (Lipinski definition) is 0. The van der Waals surface area contributed by atoms with Crippen molar-refractivity contribution in [3.05, 3.63) is 52.5 Å². The maximum Gasteiger partial charge on any atom is 0.284 e. The van der Waals surface area contributed by atoms with Crippen molar-refractivity contribution in [1.82, 2.24) is 9.97 Å². The summed E-state index contributed by atoms with van der Waals surface area (Å²) in [4.78, 5) is 30.1. The van der Waals surface area contributed by atoms with Crippen LogP contribution in [-0.2, 0) is 0 Å². The molecule has 0 saturated heterocycles. The summed E-state index contributed by atoms with van der Waals surface area (Å²) in [7, 11) is 0. The van der Waals surface area contributed by atoms with Crippen LogP contribution in [0.3, 0.4) is 0 Å². The maximum absolute atomic E-state index is 11.2. The fourth-order valence-electron chi connectivity index (χ4n) is 1.42. The number of hydrogen-bond acceptors (Lipinski definition) is 6. The van der Waals surface area contributed by atoms with Gasteiger partial charge < -0.3 is 0 Å². The van der Waals surface area contributed by atoms with Crippen LogP contribution in [0.1, 0.15) is 17.3 Å². The van der Waals surface area contributed by atoms with Gasteiger partial charge in [0.25, 0.3) is 5.69 Å². The Hall–Kier alpha value is -2.28. The van der Waals surface area contributed by atoms with E-state index in [1.54, 1.807) is 12.1 Å². The quantitative estimate of drug-likeness (QED) is 0.484. The lowest BCUT2D eigenvalue weighted by atomic mass is 10.1. The van der Waals surface area contributed by atoms with E-state index >= 15 is 0 Å². The van der Waals surface area contributed by atoms with Crippen molar-refractivity contribution in [3.8, 4) is 0 Å². The number of ketones is 1. The third kappa shape index (κ3) is 3.14. The van der Waals surface area contributed by atoms with Gasteiger partial charge in [0.15, 0.2) is 5.78 Å². The maximum atomic E-state index is 11.2. The minimum Gasteiger partial charge on any atom is -0.295 e. The van der Waals surface area contributed by atoms with Crippen LogP contribution in [0.25, 0.3) is 0 Å². The van der Waals surface area contributed by atoms with E-state index < -0.39 is 4.92 Å². The smallest absolute Gasteiger partial charge is 0.284 e. The molecule has 0 radical (unpaired) electrons. The molecular weight excluding hydrogens is 266 g/mol. The molecule has 0 saturated carbocycles. The fourth-order valence-corrected chi connectivity index (χ4v) is 2.24. The van der Waals surface area contributed by atoms with Gasteiger partial charge in [-0.25, -0.2) is 4.98 Å². The summed E-state index contributed by atoms with van der Waals surface area (Å²) in [5, 5.41) is 11.6. The second kappa shape index (κ2) is 5.57. The minimum atomic E-state index is -0.509. The molecule has 2 rings (SSSR count). The van der Waals surface area contributed by atoms with Gasteiger partial charge in [-0.15, -0.1) is 0 Å². The molecular formula is C12H9N3O3S. The molecule has 1 aromatic heterocycles. The summed E-state index contributed by atoms with van der Waals surface area (Å²) in [6.45, 7) is 1.37. The number of rotatable bonds is 4. The van der Waals surface area contributed by atoms with E-state index in [2.05, 4.69) is 9.97 Å². The van der Waals surface area contributed by atoms with Crippen LogP contribution in [0.5, 0.6) is 0 Å². The molecule has 0 N–H and O–H groups in total. The van der Waals surface area contributed by atoms with Gasteiger partial charge in [-0.05, 0) is 19.1 Å². The number of Topliss-reactive ketones (excluding diaryl/α,β-unsaturated/α-hetero) is 1. The predicted octanol–water partition coefficient (Wildman–Crippen LogP) is 2.74. The molecule has 0 fully saturated rings. The first-order valence-corrected chi connectivity index (χ1v) is 6.13. The van der Waals surface area contributed by atoms with E-state index in [1.165, 1.54) is 31.6 Å². The van der Waals surface area contributed by atoms with Gasteiger partial charge in [-0.2, -0.15) is 0 Å². The van der Waals surface area contributed by atoms with Crippen molar-refractivity contribution in [2.75, 3.05) is 0 Å². The molecule has 0 aliphatic heterocycles. The van der Waals surface area contributed by atoms with E-state index in [0.29, 0.717) is 15.5 Å². The highest BCUT2D eigenvalue weighted by Crippen LogP contribution is 2.34. The summed E-state index contributed by atoms with van der Waals surface area (Å²) < 4.78 is 0. The number of nitro benzene ring substituents is 1. The molecule has 19 heavy (non-hydrogen) atoms. The number of nitrogens with zero attached hydrogens (tertiary/aromatic N) is 3. The highest BCUT2D eigenvalue weighted by atomic mass is 32.2. The average Bonchev–Trinajstić information content (AvgIpc) is 2.39. The zero-order valence-corrected chi connectivity index (χ0v) is 10.8. The van der Waals surface area contributed by atoms with Crippen LogP contribution < -0.4 is 0 Å². The summed E-state index contributed by atoms with van der Waals surface area (Å²) in [5.41, 5.74) is 0.207. The Morgan fingerprint density at radius 2 is 2.16 bits per heavy atom. The normalized spacial score (nSPS) is 10.2. The first-order chi connectivity index (χ1) is 9.08. The number of benzene rings is 1. The molecule has 0 bridgehead atoms. The second-order valence-electron chi connectivity index (χ2n) is 3.64. The van der Waals surface area contributed by atoms with Gasteiger partial charge in [0.1, 0.15) is 5.03 Å². The molecule has 96 valence electrons. The standard InChI is InChI=1S/C12H9N3O3S/c1-8(16)9-2-3-11(10(6-9)15(17)18)19-12-7-13-4-5-14-12/h2-7H,1H3. The molecule has 0 spiro atoms. The molecule has 1 heterocycles. The Morgan fingerprint density at radius 3 is 2.74 bits per heavy atom. The first-order valence-electron chi connectivity index (χ1n) is 5.31. The van der Waals surface area contributed by atoms with Crippen molar-refractivity contribution in [2.24, 2.45) is 0 Å². The highest BCUT2D eigenvalue weighted by molar-refractivity contribution is 7.99. The van der Waals surface area contributed by atoms with Gasteiger partial charge in [0, 0.05) is 24.0 Å². The molecule has 1 aromatic carbocycles. The largest absolute Gasteiger partial charge is 0.295 e. The summed E-state index contributed by atoms with van der Waals surface area (Å²) in [6, 6.07) is 4.39. The monoisotopic (exact) mass is 275 g/mol. The van der Waals surface area contributed by atoms with Crippen molar-refractivity contribution in [2.45, 2.75) is 16.8 Å². The van der Waals surface area contributed by atoms with Crippen molar-refractivity contribution >= 4 is 23.2 Å². The lowest BCUT2D eigenvalue weighted by Crippen LogP contribution is -1.97. The molecule has 0 amide bonds. The molecule has 0 aliphatic rings. The van der Waals surface area contributed by atoms with E-state index in [9.17, 15) is 14.9 Å². The van der Waals surface area contributed by atoms with Gasteiger partial charge in [-0.3, -0.25) is 19.9 Å². The number of nitro groups is 1. The molecule has 7 heteroatoms. The van der Waals surface area contributed by atoms with Crippen LogP contribution in [0, 0.1) is 10.1 Å². The number of aromatic nitrogens is 2. The molecule has 2 aromatic rings. The van der Waals surface area contributed by atoms with Crippen LogP contribution in [0.2, 0.25) is 0 Å². The zero-order valence-electron chi connectivity index (χ0n) is 9.94. The van der Waals surface area contributed by atoms with Crippen LogP contribution in [0.4, 0.5) is 5.69 Å². The summed E-state index contributed by atoms with van der Waals surface area (Å²) >= 11 is 1.14. The average molecular weight is 275 g/mol. The van der Waals surface area contributed by atoms with Gasteiger partial charge in [-0.1, -0.05) is 11.8 Å².